The van der Waals surface area contributed by atoms with Crippen LogP contribution in [0.4, 0.5) is 0 Å². The molecule has 3 unspecified atom stereocenters. The summed E-state index contributed by atoms with van der Waals surface area (Å²) in [5.41, 5.74) is 0. The first-order valence-corrected chi connectivity index (χ1v) is 5.25. The fraction of sp³-hybridized carbons (Fsp3) is 1.00. The molecule has 0 amide bonds. The van der Waals surface area contributed by atoms with Crippen LogP contribution in [-0.4, -0.2) is 48.3 Å². The summed E-state index contributed by atoms with van der Waals surface area (Å²) in [7, 11) is 2.15. The molecule has 0 radical (unpaired) electrons. The molecule has 1 aliphatic rings. The van der Waals surface area contributed by atoms with E-state index >= 15 is 0 Å². The van der Waals surface area contributed by atoms with Gasteiger partial charge in [-0.2, -0.15) is 0 Å². The van der Waals surface area contributed by atoms with Crippen molar-refractivity contribution in [2.45, 2.75) is 44.9 Å². The molecule has 0 spiro atoms. The van der Waals surface area contributed by atoms with Crippen molar-refractivity contribution in [3.8, 4) is 0 Å². The summed E-state index contributed by atoms with van der Waals surface area (Å²) in [4.78, 5) is 2.36. The zero-order valence-corrected chi connectivity index (χ0v) is 8.95. The first-order chi connectivity index (χ1) is 6.13. The van der Waals surface area contributed by atoms with Crippen molar-refractivity contribution in [2.24, 2.45) is 0 Å². The summed E-state index contributed by atoms with van der Waals surface area (Å²) in [5, 5.41) is 12.7. The standard InChI is InChI=1S/C10H22N2O/c1-4-8(2)12(3)7-9-5-10(13)6-11-9/h8-11,13H,4-7H2,1-3H3. The molecule has 0 aliphatic carbocycles. The molecular formula is C10H22N2O. The minimum absolute atomic E-state index is 0.129. The van der Waals surface area contributed by atoms with Gasteiger partial charge in [-0.25, -0.2) is 0 Å². The highest BCUT2D eigenvalue weighted by molar-refractivity contribution is 4.83. The lowest BCUT2D eigenvalue weighted by Gasteiger charge is -2.26. The summed E-state index contributed by atoms with van der Waals surface area (Å²) in [6.07, 6.45) is 1.96. The maximum atomic E-state index is 9.33. The zero-order chi connectivity index (χ0) is 9.84. The number of hydrogen-bond acceptors (Lipinski definition) is 3. The van der Waals surface area contributed by atoms with E-state index in [0.717, 1.165) is 19.5 Å². The van der Waals surface area contributed by atoms with Gasteiger partial charge in [-0.1, -0.05) is 6.92 Å². The quantitative estimate of drug-likeness (QED) is 0.669. The molecule has 1 fully saturated rings. The molecule has 3 heteroatoms. The lowest BCUT2D eigenvalue weighted by atomic mass is 10.1. The molecule has 0 aromatic heterocycles. The van der Waals surface area contributed by atoms with Crippen LogP contribution in [0.25, 0.3) is 0 Å². The van der Waals surface area contributed by atoms with E-state index in [1.807, 2.05) is 0 Å². The van der Waals surface area contributed by atoms with Gasteiger partial charge in [0.05, 0.1) is 6.10 Å². The molecule has 1 rings (SSSR count). The van der Waals surface area contributed by atoms with Crippen LogP contribution in [0, 0.1) is 0 Å². The fourth-order valence-corrected chi connectivity index (χ4v) is 1.78. The van der Waals surface area contributed by atoms with Crippen molar-refractivity contribution in [1.29, 1.82) is 0 Å². The smallest absolute Gasteiger partial charge is 0.0680 e. The predicted molar refractivity (Wildman–Crippen MR) is 54.8 cm³/mol. The van der Waals surface area contributed by atoms with Gasteiger partial charge < -0.3 is 15.3 Å². The Balaban J connectivity index is 2.24. The van der Waals surface area contributed by atoms with E-state index < -0.39 is 0 Å². The van der Waals surface area contributed by atoms with Gasteiger partial charge in [0.25, 0.3) is 0 Å². The van der Waals surface area contributed by atoms with Gasteiger partial charge in [-0.3, -0.25) is 0 Å². The molecule has 1 saturated heterocycles. The van der Waals surface area contributed by atoms with E-state index in [4.69, 9.17) is 0 Å². The number of hydrogen-bond donors (Lipinski definition) is 2. The second kappa shape index (κ2) is 4.94. The Morgan fingerprint density at radius 3 is 2.77 bits per heavy atom. The Morgan fingerprint density at radius 1 is 1.62 bits per heavy atom. The average Bonchev–Trinajstić information content (AvgIpc) is 2.49. The highest BCUT2D eigenvalue weighted by atomic mass is 16.3. The molecule has 13 heavy (non-hydrogen) atoms. The number of nitrogens with one attached hydrogen (secondary N) is 1. The van der Waals surface area contributed by atoms with E-state index in [1.54, 1.807) is 0 Å². The Bertz CT molecular complexity index is 152. The molecule has 78 valence electrons. The van der Waals surface area contributed by atoms with Crippen LogP contribution < -0.4 is 5.32 Å². The van der Waals surface area contributed by atoms with Crippen LogP contribution in [-0.2, 0) is 0 Å². The van der Waals surface area contributed by atoms with Gasteiger partial charge >= 0.3 is 0 Å². The monoisotopic (exact) mass is 186 g/mol. The number of β-amino-alcohol motifs (C(OH)–C–C–N with tert-alkyl or cyclic N) is 1. The second-order valence-corrected chi connectivity index (χ2v) is 4.19. The molecule has 0 aromatic carbocycles. The lowest BCUT2D eigenvalue weighted by Crippen LogP contribution is -2.39. The van der Waals surface area contributed by atoms with Crippen LogP contribution >= 0.6 is 0 Å². The molecule has 0 saturated carbocycles. The van der Waals surface area contributed by atoms with Crippen molar-refractivity contribution in [2.75, 3.05) is 20.1 Å². The predicted octanol–water partition coefficient (Wildman–Crippen LogP) is 0.439. The van der Waals surface area contributed by atoms with E-state index in [9.17, 15) is 5.11 Å². The maximum absolute atomic E-state index is 9.33. The van der Waals surface area contributed by atoms with Crippen LogP contribution in [0.3, 0.4) is 0 Å². The molecule has 1 aliphatic heterocycles. The van der Waals surface area contributed by atoms with Crippen molar-refractivity contribution in [3.63, 3.8) is 0 Å². The third-order valence-electron chi connectivity index (χ3n) is 3.05. The first kappa shape index (κ1) is 11.0. The van der Waals surface area contributed by atoms with Gasteiger partial charge in [0.1, 0.15) is 0 Å². The Hall–Kier alpha value is -0.120. The van der Waals surface area contributed by atoms with Crippen molar-refractivity contribution in [3.05, 3.63) is 0 Å². The summed E-state index contributed by atoms with van der Waals surface area (Å²) < 4.78 is 0. The highest BCUT2D eigenvalue weighted by Gasteiger charge is 2.23. The number of aliphatic hydroxyl groups is 1. The zero-order valence-electron chi connectivity index (χ0n) is 8.95. The van der Waals surface area contributed by atoms with Crippen LogP contribution in [0.15, 0.2) is 0 Å². The van der Waals surface area contributed by atoms with Crippen LogP contribution in [0.2, 0.25) is 0 Å². The molecule has 0 aromatic rings. The highest BCUT2D eigenvalue weighted by Crippen LogP contribution is 2.09. The van der Waals surface area contributed by atoms with Gasteiger partial charge in [-0.15, -0.1) is 0 Å². The van der Waals surface area contributed by atoms with Gasteiger partial charge in [0.15, 0.2) is 0 Å². The molecule has 2 N–H and O–H groups in total. The Labute approximate surface area is 81.1 Å². The average molecular weight is 186 g/mol. The normalized spacial score (nSPS) is 31.2. The topological polar surface area (TPSA) is 35.5 Å². The van der Waals surface area contributed by atoms with E-state index in [2.05, 4.69) is 31.1 Å². The summed E-state index contributed by atoms with van der Waals surface area (Å²) in [6.45, 7) is 6.26. The van der Waals surface area contributed by atoms with Gasteiger partial charge in [0.2, 0.25) is 0 Å². The van der Waals surface area contributed by atoms with E-state index in [-0.39, 0.29) is 6.10 Å². The van der Waals surface area contributed by atoms with Crippen LogP contribution in [0.1, 0.15) is 26.7 Å². The Kier molecular flexibility index (Phi) is 4.16. The number of aliphatic hydroxyl groups excluding tert-OH is 1. The first-order valence-electron chi connectivity index (χ1n) is 5.25. The van der Waals surface area contributed by atoms with Gasteiger partial charge in [0, 0.05) is 25.2 Å². The number of rotatable bonds is 4. The molecule has 0 bridgehead atoms. The van der Waals surface area contributed by atoms with Crippen molar-refractivity contribution >= 4 is 0 Å². The second-order valence-electron chi connectivity index (χ2n) is 4.19. The lowest BCUT2D eigenvalue weighted by molar-refractivity contribution is 0.184. The minimum atomic E-state index is -0.129. The van der Waals surface area contributed by atoms with E-state index in [0.29, 0.717) is 12.1 Å². The third-order valence-corrected chi connectivity index (χ3v) is 3.05. The van der Waals surface area contributed by atoms with Crippen LogP contribution in [0.5, 0.6) is 0 Å². The van der Waals surface area contributed by atoms with Crippen molar-refractivity contribution < 1.29 is 5.11 Å². The molecule has 1 heterocycles. The summed E-state index contributed by atoms with van der Waals surface area (Å²) in [6, 6.07) is 1.12. The fourth-order valence-electron chi connectivity index (χ4n) is 1.78. The minimum Gasteiger partial charge on any atom is -0.392 e. The summed E-state index contributed by atoms with van der Waals surface area (Å²) in [5.74, 6) is 0. The van der Waals surface area contributed by atoms with E-state index in [1.165, 1.54) is 6.42 Å². The molecular weight excluding hydrogens is 164 g/mol. The Morgan fingerprint density at radius 2 is 2.31 bits per heavy atom. The summed E-state index contributed by atoms with van der Waals surface area (Å²) >= 11 is 0. The maximum Gasteiger partial charge on any atom is 0.0680 e. The van der Waals surface area contributed by atoms with Gasteiger partial charge in [-0.05, 0) is 26.8 Å². The molecule has 3 nitrogen and oxygen atoms in total. The number of nitrogens with zero attached hydrogens (tertiary/aromatic N) is 1. The van der Waals surface area contributed by atoms with Crippen molar-refractivity contribution in [1.82, 2.24) is 10.2 Å². The number of likely N-dealkylation sites (N-methyl/N-ethyl adjacent to an activating group) is 1. The largest absolute Gasteiger partial charge is 0.392 e. The third kappa shape index (κ3) is 3.25. The molecule has 3 atom stereocenters. The SMILES string of the molecule is CCC(C)N(C)CC1CC(O)CN1.